The molecule has 0 bridgehead atoms. The minimum absolute atomic E-state index is 0.0458. The van der Waals surface area contributed by atoms with Gasteiger partial charge in [0.15, 0.2) is 0 Å². The summed E-state index contributed by atoms with van der Waals surface area (Å²) >= 11 is 6.90. The first kappa shape index (κ1) is 14.5. The van der Waals surface area contributed by atoms with Crippen molar-refractivity contribution in [3.63, 3.8) is 0 Å². The van der Waals surface area contributed by atoms with Crippen LogP contribution in [0.25, 0.3) is 0 Å². The molecule has 94 valence electrons. The zero-order valence-electron chi connectivity index (χ0n) is 9.75. The summed E-state index contributed by atoms with van der Waals surface area (Å²) in [6.45, 7) is 3.44. The molecule has 0 aliphatic rings. The van der Waals surface area contributed by atoms with E-state index in [1.54, 1.807) is 0 Å². The number of benzene rings is 1. The zero-order chi connectivity index (χ0) is 12.7. The van der Waals surface area contributed by atoms with Gasteiger partial charge in [0.2, 0.25) is 5.91 Å². The normalized spacial score (nSPS) is 10.1. The van der Waals surface area contributed by atoms with E-state index in [1.165, 1.54) is 6.92 Å². The first-order chi connectivity index (χ1) is 8.17. The summed E-state index contributed by atoms with van der Waals surface area (Å²) in [5, 5.41) is 4.63. The molecular weight excluding hydrogens is 348 g/mol. The molecule has 0 aliphatic heterocycles. The van der Waals surface area contributed by atoms with Crippen molar-refractivity contribution in [2.24, 2.45) is 0 Å². The van der Waals surface area contributed by atoms with E-state index in [0.717, 1.165) is 35.1 Å². The number of carbonyl (C=O) groups excluding carboxylic acids is 1. The van der Waals surface area contributed by atoms with Crippen molar-refractivity contribution in [1.29, 1.82) is 0 Å². The van der Waals surface area contributed by atoms with Gasteiger partial charge in [0.25, 0.3) is 0 Å². The van der Waals surface area contributed by atoms with E-state index >= 15 is 0 Å². The van der Waals surface area contributed by atoms with Crippen molar-refractivity contribution in [1.82, 2.24) is 0 Å². The van der Waals surface area contributed by atoms with Crippen molar-refractivity contribution in [3.8, 4) is 0 Å². The summed E-state index contributed by atoms with van der Waals surface area (Å²) < 4.78 is 0. The van der Waals surface area contributed by atoms with Crippen molar-refractivity contribution >= 4 is 49.1 Å². The number of rotatable bonds is 6. The summed E-state index contributed by atoms with van der Waals surface area (Å²) in [6.07, 6.45) is 0. The van der Waals surface area contributed by atoms with E-state index in [-0.39, 0.29) is 5.91 Å². The molecule has 0 radical (unpaired) electrons. The van der Waals surface area contributed by atoms with Crippen LogP contribution in [0, 0.1) is 0 Å². The molecular formula is C12H16Br2N2O. The summed E-state index contributed by atoms with van der Waals surface area (Å²) in [7, 11) is 0. The summed E-state index contributed by atoms with van der Waals surface area (Å²) in [5.41, 5.74) is 2.00. The van der Waals surface area contributed by atoms with E-state index < -0.39 is 0 Å². The van der Waals surface area contributed by atoms with Gasteiger partial charge in [0.05, 0.1) is 0 Å². The maximum atomic E-state index is 10.9. The SMILES string of the molecule is CC(=O)Nc1ccc(N(CCBr)CCBr)cc1. The highest BCUT2D eigenvalue weighted by atomic mass is 79.9. The Morgan fingerprint density at radius 3 is 2.12 bits per heavy atom. The first-order valence-corrected chi connectivity index (χ1v) is 7.66. The van der Waals surface area contributed by atoms with Crippen LogP contribution in [0.3, 0.4) is 0 Å². The van der Waals surface area contributed by atoms with Crippen LogP contribution in [0.4, 0.5) is 11.4 Å². The monoisotopic (exact) mass is 362 g/mol. The van der Waals surface area contributed by atoms with E-state index in [1.807, 2.05) is 24.3 Å². The lowest BCUT2D eigenvalue weighted by Gasteiger charge is -2.23. The summed E-state index contributed by atoms with van der Waals surface area (Å²) in [4.78, 5) is 13.2. The fraction of sp³-hybridized carbons (Fsp3) is 0.417. The van der Waals surface area contributed by atoms with Gasteiger partial charge in [-0.1, -0.05) is 31.9 Å². The van der Waals surface area contributed by atoms with E-state index in [0.29, 0.717) is 0 Å². The molecule has 0 fully saturated rings. The largest absolute Gasteiger partial charge is 0.370 e. The Balaban J connectivity index is 2.72. The van der Waals surface area contributed by atoms with Crippen molar-refractivity contribution in [2.75, 3.05) is 34.0 Å². The molecule has 1 rings (SSSR count). The topological polar surface area (TPSA) is 32.3 Å². The molecule has 1 aromatic carbocycles. The van der Waals surface area contributed by atoms with Crippen LogP contribution in [0.2, 0.25) is 0 Å². The standard InChI is InChI=1S/C12H16Br2N2O/c1-10(17)15-11-2-4-12(5-3-11)16(8-6-13)9-7-14/h2-5H,6-9H2,1H3,(H,15,17). The Bertz CT molecular complexity index is 348. The van der Waals surface area contributed by atoms with Gasteiger partial charge in [-0.3, -0.25) is 4.79 Å². The molecule has 0 atom stereocenters. The lowest BCUT2D eigenvalue weighted by atomic mass is 10.2. The Hall–Kier alpha value is -0.550. The average Bonchev–Trinajstić information content (AvgIpc) is 2.29. The van der Waals surface area contributed by atoms with Crippen molar-refractivity contribution in [3.05, 3.63) is 24.3 Å². The number of hydrogen-bond donors (Lipinski definition) is 1. The summed E-state index contributed by atoms with van der Waals surface area (Å²) in [5.74, 6) is -0.0458. The van der Waals surface area contributed by atoms with Crippen LogP contribution in [0.15, 0.2) is 24.3 Å². The molecule has 17 heavy (non-hydrogen) atoms. The number of nitrogens with zero attached hydrogens (tertiary/aromatic N) is 1. The van der Waals surface area contributed by atoms with Gasteiger partial charge in [-0.05, 0) is 24.3 Å². The molecule has 3 nitrogen and oxygen atoms in total. The van der Waals surface area contributed by atoms with Crippen LogP contribution in [-0.4, -0.2) is 29.7 Å². The van der Waals surface area contributed by atoms with Crippen LogP contribution >= 0.6 is 31.9 Å². The third kappa shape index (κ3) is 5.08. The minimum atomic E-state index is -0.0458. The number of amides is 1. The summed E-state index contributed by atoms with van der Waals surface area (Å²) in [6, 6.07) is 7.89. The molecule has 0 spiro atoms. The average molecular weight is 364 g/mol. The second-order valence-corrected chi connectivity index (χ2v) is 5.18. The lowest BCUT2D eigenvalue weighted by Crippen LogP contribution is -2.27. The minimum Gasteiger partial charge on any atom is -0.370 e. The molecule has 0 heterocycles. The Labute approximate surface area is 119 Å². The molecule has 0 saturated heterocycles. The third-order valence-corrected chi connectivity index (χ3v) is 2.97. The molecule has 1 aromatic rings. The maximum Gasteiger partial charge on any atom is 0.221 e. The molecule has 0 aliphatic carbocycles. The highest BCUT2D eigenvalue weighted by molar-refractivity contribution is 9.09. The quantitative estimate of drug-likeness (QED) is 0.787. The number of anilines is 2. The predicted octanol–water partition coefficient (Wildman–Crippen LogP) is 3.24. The fourth-order valence-electron chi connectivity index (χ4n) is 1.53. The van der Waals surface area contributed by atoms with E-state index in [2.05, 4.69) is 42.1 Å². The Morgan fingerprint density at radius 1 is 1.18 bits per heavy atom. The number of hydrogen-bond acceptors (Lipinski definition) is 2. The van der Waals surface area contributed by atoms with Gasteiger partial charge < -0.3 is 10.2 Å². The van der Waals surface area contributed by atoms with E-state index in [4.69, 9.17) is 0 Å². The van der Waals surface area contributed by atoms with Crippen LogP contribution in [-0.2, 0) is 4.79 Å². The fourth-order valence-corrected chi connectivity index (χ4v) is 2.39. The zero-order valence-corrected chi connectivity index (χ0v) is 12.9. The second-order valence-electron chi connectivity index (χ2n) is 3.59. The van der Waals surface area contributed by atoms with Crippen molar-refractivity contribution < 1.29 is 4.79 Å². The highest BCUT2D eigenvalue weighted by Gasteiger charge is 2.05. The van der Waals surface area contributed by atoms with Crippen LogP contribution < -0.4 is 10.2 Å². The van der Waals surface area contributed by atoms with Crippen molar-refractivity contribution in [2.45, 2.75) is 6.92 Å². The molecule has 1 N–H and O–H groups in total. The number of halogens is 2. The van der Waals surface area contributed by atoms with Gasteiger partial charge in [-0.15, -0.1) is 0 Å². The van der Waals surface area contributed by atoms with Gasteiger partial charge in [0.1, 0.15) is 0 Å². The highest BCUT2D eigenvalue weighted by Crippen LogP contribution is 2.18. The molecule has 0 aromatic heterocycles. The van der Waals surface area contributed by atoms with Crippen LogP contribution in [0.1, 0.15) is 6.92 Å². The molecule has 0 unspecified atom stereocenters. The number of nitrogens with one attached hydrogen (secondary N) is 1. The van der Waals surface area contributed by atoms with Crippen LogP contribution in [0.5, 0.6) is 0 Å². The molecule has 5 heteroatoms. The smallest absolute Gasteiger partial charge is 0.221 e. The maximum absolute atomic E-state index is 10.9. The molecule has 0 saturated carbocycles. The van der Waals surface area contributed by atoms with Gasteiger partial charge in [0, 0.05) is 42.0 Å². The Morgan fingerprint density at radius 2 is 1.71 bits per heavy atom. The second kappa shape index (κ2) is 7.71. The Kier molecular flexibility index (Phi) is 6.58. The first-order valence-electron chi connectivity index (χ1n) is 5.42. The third-order valence-electron chi connectivity index (χ3n) is 2.26. The lowest BCUT2D eigenvalue weighted by molar-refractivity contribution is -0.114. The number of alkyl halides is 2. The van der Waals surface area contributed by atoms with Gasteiger partial charge >= 0.3 is 0 Å². The van der Waals surface area contributed by atoms with E-state index in [9.17, 15) is 4.79 Å². The molecule has 1 amide bonds. The van der Waals surface area contributed by atoms with Gasteiger partial charge in [-0.2, -0.15) is 0 Å². The predicted molar refractivity (Wildman–Crippen MR) is 80.5 cm³/mol. The number of carbonyl (C=O) groups is 1. The van der Waals surface area contributed by atoms with Gasteiger partial charge in [-0.25, -0.2) is 0 Å².